The highest BCUT2D eigenvalue weighted by Gasteiger charge is 2.35. The predicted molar refractivity (Wildman–Crippen MR) is 107 cm³/mol. The molecule has 0 N–H and O–H groups in total. The second kappa shape index (κ2) is 9.20. The first-order valence-corrected chi connectivity index (χ1v) is 11.4. The number of nitrogens with zero attached hydrogens (tertiary/aromatic N) is 1. The number of piperidine rings is 1. The summed E-state index contributed by atoms with van der Waals surface area (Å²) in [6.07, 6.45) is 3.23. The lowest BCUT2D eigenvalue weighted by molar-refractivity contribution is -0.149. The topological polar surface area (TPSA) is 63.7 Å². The fourth-order valence-electron chi connectivity index (χ4n) is 3.68. The van der Waals surface area contributed by atoms with Crippen molar-refractivity contribution in [1.29, 1.82) is 0 Å². The Bertz CT molecular complexity index is 742. The minimum atomic E-state index is -3.39. The van der Waals surface area contributed by atoms with Crippen LogP contribution in [-0.2, 0) is 19.4 Å². The molecule has 1 heterocycles. The van der Waals surface area contributed by atoms with Crippen molar-refractivity contribution in [2.24, 2.45) is 5.92 Å². The number of esters is 1. The van der Waals surface area contributed by atoms with E-state index in [1.54, 1.807) is 18.2 Å². The molecule has 1 saturated heterocycles. The Morgan fingerprint density at radius 3 is 2.74 bits per heavy atom. The minimum Gasteiger partial charge on any atom is -0.466 e. The molecule has 27 heavy (non-hydrogen) atoms. The van der Waals surface area contributed by atoms with Gasteiger partial charge in [-0.05, 0) is 84.2 Å². The zero-order valence-electron chi connectivity index (χ0n) is 17.0. The van der Waals surface area contributed by atoms with Crippen molar-refractivity contribution in [2.75, 3.05) is 26.2 Å². The van der Waals surface area contributed by atoms with Crippen molar-refractivity contribution in [1.82, 2.24) is 4.90 Å². The van der Waals surface area contributed by atoms with E-state index in [0.29, 0.717) is 24.5 Å². The van der Waals surface area contributed by atoms with Crippen LogP contribution >= 0.6 is 0 Å². The standard InChI is InChI=1S/C21H33NO4S/c1-5-26-20(23)18-10-7-13-22(16-18)14-8-12-21(3,4)27(24,25)19-11-6-9-17(2)15-19/h6,9,11,15,18H,5,7-8,10,12-14,16H2,1-4H3. The Labute approximate surface area is 164 Å². The lowest BCUT2D eigenvalue weighted by Gasteiger charge is -2.32. The van der Waals surface area contributed by atoms with E-state index < -0.39 is 14.6 Å². The van der Waals surface area contributed by atoms with E-state index in [1.165, 1.54) is 0 Å². The number of likely N-dealkylation sites (tertiary alicyclic amines) is 1. The molecule has 0 spiro atoms. The normalized spacial score (nSPS) is 19.0. The van der Waals surface area contributed by atoms with Crippen LogP contribution in [0, 0.1) is 12.8 Å². The van der Waals surface area contributed by atoms with Gasteiger partial charge in [0.25, 0.3) is 0 Å². The Kier molecular flexibility index (Phi) is 7.46. The molecule has 5 nitrogen and oxygen atoms in total. The maximum Gasteiger partial charge on any atom is 0.310 e. The lowest BCUT2D eigenvalue weighted by Crippen LogP contribution is -2.40. The van der Waals surface area contributed by atoms with Crippen molar-refractivity contribution in [3.05, 3.63) is 29.8 Å². The SMILES string of the molecule is CCOC(=O)C1CCCN(CCCC(C)(C)S(=O)(=O)c2cccc(C)c2)C1. The first-order valence-electron chi connectivity index (χ1n) is 9.87. The molecule has 0 radical (unpaired) electrons. The number of hydrogen-bond donors (Lipinski definition) is 0. The summed E-state index contributed by atoms with van der Waals surface area (Å²) in [6, 6.07) is 7.12. The molecule has 1 fully saturated rings. The van der Waals surface area contributed by atoms with Gasteiger partial charge in [0.2, 0.25) is 0 Å². The van der Waals surface area contributed by atoms with Crippen molar-refractivity contribution in [3.8, 4) is 0 Å². The van der Waals surface area contributed by atoms with Gasteiger partial charge >= 0.3 is 5.97 Å². The van der Waals surface area contributed by atoms with E-state index in [4.69, 9.17) is 4.74 Å². The van der Waals surface area contributed by atoms with Crippen molar-refractivity contribution in [3.63, 3.8) is 0 Å². The molecule has 1 unspecified atom stereocenters. The smallest absolute Gasteiger partial charge is 0.310 e. The van der Waals surface area contributed by atoms with Gasteiger partial charge in [0.05, 0.1) is 22.2 Å². The van der Waals surface area contributed by atoms with E-state index in [0.717, 1.165) is 37.9 Å². The third-order valence-corrected chi connectivity index (χ3v) is 7.94. The molecule has 1 aromatic carbocycles. The van der Waals surface area contributed by atoms with Gasteiger partial charge < -0.3 is 9.64 Å². The number of ether oxygens (including phenoxy) is 1. The largest absolute Gasteiger partial charge is 0.466 e. The summed E-state index contributed by atoms with van der Waals surface area (Å²) in [7, 11) is -3.39. The summed E-state index contributed by atoms with van der Waals surface area (Å²) < 4.78 is 30.4. The number of hydrogen-bond acceptors (Lipinski definition) is 5. The van der Waals surface area contributed by atoms with E-state index in [1.807, 2.05) is 33.8 Å². The molecule has 1 aromatic rings. The molecule has 6 heteroatoms. The molecule has 1 aliphatic rings. The summed E-state index contributed by atoms with van der Waals surface area (Å²) in [4.78, 5) is 14.6. The lowest BCUT2D eigenvalue weighted by atomic mass is 9.97. The van der Waals surface area contributed by atoms with Gasteiger partial charge in [-0.3, -0.25) is 4.79 Å². The van der Waals surface area contributed by atoms with Crippen LogP contribution < -0.4 is 0 Å². The van der Waals surface area contributed by atoms with Gasteiger partial charge in [-0.1, -0.05) is 12.1 Å². The molecule has 1 aliphatic heterocycles. The monoisotopic (exact) mass is 395 g/mol. The van der Waals surface area contributed by atoms with Crippen LogP contribution in [0.3, 0.4) is 0 Å². The summed E-state index contributed by atoms with van der Waals surface area (Å²) in [5.74, 6) is -0.160. The van der Waals surface area contributed by atoms with Crippen LogP contribution in [0.15, 0.2) is 29.2 Å². The van der Waals surface area contributed by atoms with Crippen LogP contribution in [0.25, 0.3) is 0 Å². The summed E-state index contributed by atoms with van der Waals surface area (Å²) in [6.45, 7) is 10.2. The zero-order valence-corrected chi connectivity index (χ0v) is 17.8. The van der Waals surface area contributed by atoms with Crippen molar-refractivity contribution in [2.45, 2.75) is 63.0 Å². The Balaban J connectivity index is 1.92. The van der Waals surface area contributed by atoms with Crippen LogP contribution in [0.2, 0.25) is 0 Å². The molecular formula is C21H33NO4S. The van der Waals surface area contributed by atoms with Crippen LogP contribution in [0.4, 0.5) is 0 Å². The van der Waals surface area contributed by atoms with Crippen LogP contribution in [0.5, 0.6) is 0 Å². The summed E-state index contributed by atoms with van der Waals surface area (Å²) >= 11 is 0. The van der Waals surface area contributed by atoms with E-state index in [2.05, 4.69) is 4.90 Å². The quantitative estimate of drug-likeness (QED) is 0.629. The minimum absolute atomic E-state index is 0.0530. The number of aryl methyl sites for hydroxylation is 1. The van der Waals surface area contributed by atoms with Gasteiger partial charge in [-0.2, -0.15) is 0 Å². The summed E-state index contributed by atoms with van der Waals surface area (Å²) in [5.41, 5.74) is 0.949. The maximum atomic E-state index is 13.0. The Morgan fingerprint density at radius 1 is 1.33 bits per heavy atom. The molecule has 2 rings (SSSR count). The second-order valence-corrected chi connectivity index (χ2v) is 10.7. The maximum absolute atomic E-state index is 13.0. The molecule has 1 atom stereocenters. The number of benzene rings is 1. The fraction of sp³-hybridized carbons (Fsp3) is 0.667. The van der Waals surface area contributed by atoms with Gasteiger partial charge in [0, 0.05) is 6.54 Å². The number of rotatable bonds is 8. The highest BCUT2D eigenvalue weighted by molar-refractivity contribution is 7.92. The average Bonchev–Trinajstić information content (AvgIpc) is 2.62. The zero-order chi connectivity index (χ0) is 20.1. The highest BCUT2D eigenvalue weighted by Crippen LogP contribution is 2.30. The number of carbonyl (C=O) groups is 1. The molecule has 0 aliphatic carbocycles. The molecular weight excluding hydrogens is 362 g/mol. The molecule has 0 aromatic heterocycles. The first-order chi connectivity index (χ1) is 12.7. The third kappa shape index (κ3) is 5.55. The number of carbonyl (C=O) groups excluding carboxylic acids is 1. The second-order valence-electron chi connectivity index (χ2n) is 8.07. The van der Waals surface area contributed by atoms with Gasteiger partial charge in [-0.15, -0.1) is 0 Å². The van der Waals surface area contributed by atoms with Crippen molar-refractivity contribution >= 4 is 15.8 Å². The Hall–Kier alpha value is -1.40. The molecule has 152 valence electrons. The average molecular weight is 396 g/mol. The fourth-order valence-corrected chi connectivity index (χ4v) is 5.33. The van der Waals surface area contributed by atoms with E-state index >= 15 is 0 Å². The van der Waals surface area contributed by atoms with Crippen molar-refractivity contribution < 1.29 is 17.9 Å². The molecule has 0 saturated carbocycles. The molecule has 0 amide bonds. The van der Waals surface area contributed by atoms with E-state index in [9.17, 15) is 13.2 Å². The number of sulfone groups is 1. The van der Waals surface area contributed by atoms with E-state index in [-0.39, 0.29) is 11.9 Å². The molecule has 0 bridgehead atoms. The highest BCUT2D eigenvalue weighted by atomic mass is 32.2. The van der Waals surface area contributed by atoms with Gasteiger partial charge in [-0.25, -0.2) is 8.42 Å². The summed E-state index contributed by atoms with van der Waals surface area (Å²) in [5, 5.41) is 0. The Morgan fingerprint density at radius 2 is 2.07 bits per heavy atom. The van der Waals surface area contributed by atoms with Crippen LogP contribution in [0.1, 0.15) is 52.0 Å². The predicted octanol–water partition coefficient (Wildman–Crippen LogP) is 3.60. The van der Waals surface area contributed by atoms with Gasteiger partial charge in [0.1, 0.15) is 0 Å². The third-order valence-electron chi connectivity index (χ3n) is 5.41. The first kappa shape index (κ1) is 21.9. The van der Waals surface area contributed by atoms with Gasteiger partial charge in [0.15, 0.2) is 9.84 Å². The van der Waals surface area contributed by atoms with Crippen LogP contribution in [-0.4, -0.2) is 50.3 Å².